The van der Waals surface area contributed by atoms with Crippen LogP contribution in [0, 0.1) is 6.92 Å². The average molecular weight is 318 g/mol. The normalized spacial score (nSPS) is 10.3. The second-order valence-corrected chi connectivity index (χ2v) is 6.05. The summed E-state index contributed by atoms with van der Waals surface area (Å²) in [5.74, 6) is -1.10. The summed E-state index contributed by atoms with van der Waals surface area (Å²) in [7, 11) is 0. The second-order valence-electron chi connectivity index (χ2n) is 6.05. The van der Waals surface area contributed by atoms with Gasteiger partial charge in [0.1, 0.15) is 0 Å². The molecule has 0 fully saturated rings. The third-order valence-corrected chi connectivity index (χ3v) is 3.81. The summed E-state index contributed by atoms with van der Waals surface area (Å²) in [5.41, 5.74) is 2.14. The molecule has 0 aliphatic carbocycles. The molecule has 2 amide bonds. The summed E-state index contributed by atoms with van der Waals surface area (Å²) in [4.78, 5) is 23.4. The van der Waals surface area contributed by atoms with Crippen LogP contribution in [0.15, 0.2) is 24.3 Å². The van der Waals surface area contributed by atoms with Crippen LogP contribution in [-0.4, -0.2) is 18.4 Å². The quantitative estimate of drug-likeness (QED) is 0.512. The van der Waals surface area contributed by atoms with Gasteiger partial charge >= 0.3 is 11.8 Å². The van der Waals surface area contributed by atoms with E-state index in [4.69, 9.17) is 0 Å². The van der Waals surface area contributed by atoms with E-state index < -0.39 is 11.8 Å². The van der Waals surface area contributed by atoms with E-state index in [0.29, 0.717) is 13.1 Å². The van der Waals surface area contributed by atoms with Gasteiger partial charge in [-0.15, -0.1) is 0 Å². The predicted molar refractivity (Wildman–Crippen MR) is 94.0 cm³/mol. The molecule has 0 unspecified atom stereocenters. The first kappa shape index (κ1) is 19.2. The summed E-state index contributed by atoms with van der Waals surface area (Å²) in [6, 6.07) is 7.87. The van der Waals surface area contributed by atoms with Crippen molar-refractivity contribution in [3.63, 3.8) is 0 Å². The molecule has 2 N–H and O–H groups in total. The Bertz CT molecular complexity index is 486. The van der Waals surface area contributed by atoms with Crippen molar-refractivity contribution in [2.45, 2.75) is 65.3 Å². The van der Waals surface area contributed by atoms with Crippen LogP contribution < -0.4 is 10.6 Å². The van der Waals surface area contributed by atoms with Crippen LogP contribution in [0.5, 0.6) is 0 Å². The smallest absolute Gasteiger partial charge is 0.309 e. The molecule has 4 nitrogen and oxygen atoms in total. The van der Waals surface area contributed by atoms with Crippen LogP contribution in [0.1, 0.15) is 63.0 Å². The maximum absolute atomic E-state index is 11.7. The van der Waals surface area contributed by atoms with E-state index in [9.17, 15) is 9.59 Å². The van der Waals surface area contributed by atoms with Crippen molar-refractivity contribution in [1.82, 2.24) is 10.6 Å². The maximum atomic E-state index is 11.7. The van der Waals surface area contributed by atoms with Gasteiger partial charge in [0.2, 0.25) is 0 Å². The van der Waals surface area contributed by atoms with Gasteiger partial charge in [-0.3, -0.25) is 9.59 Å². The van der Waals surface area contributed by atoms with E-state index in [2.05, 4.69) is 17.6 Å². The Labute approximate surface area is 140 Å². The van der Waals surface area contributed by atoms with Crippen LogP contribution in [0.2, 0.25) is 0 Å². The van der Waals surface area contributed by atoms with Gasteiger partial charge in [0.25, 0.3) is 0 Å². The summed E-state index contributed by atoms with van der Waals surface area (Å²) < 4.78 is 0. The monoisotopic (exact) mass is 318 g/mol. The van der Waals surface area contributed by atoms with Crippen LogP contribution >= 0.6 is 0 Å². The molecule has 0 saturated carbocycles. The van der Waals surface area contributed by atoms with E-state index in [1.807, 2.05) is 31.2 Å². The fourth-order valence-electron chi connectivity index (χ4n) is 2.45. The van der Waals surface area contributed by atoms with Crippen molar-refractivity contribution in [2.24, 2.45) is 0 Å². The minimum atomic E-state index is -0.561. The van der Waals surface area contributed by atoms with E-state index in [1.165, 1.54) is 32.1 Å². The number of carbonyl (C=O) groups excluding carboxylic acids is 2. The number of rotatable bonds is 10. The van der Waals surface area contributed by atoms with E-state index in [-0.39, 0.29) is 0 Å². The third-order valence-electron chi connectivity index (χ3n) is 3.81. The zero-order valence-corrected chi connectivity index (χ0v) is 14.5. The molecule has 0 radical (unpaired) electrons. The molecule has 1 aromatic carbocycles. The van der Waals surface area contributed by atoms with Crippen LogP contribution in [-0.2, 0) is 16.1 Å². The zero-order valence-electron chi connectivity index (χ0n) is 14.5. The summed E-state index contributed by atoms with van der Waals surface area (Å²) in [6.07, 6.45) is 8.36. The number of hydrogen-bond acceptors (Lipinski definition) is 2. The lowest BCUT2D eigenvalue weighted by atomic mass is 10.1. The third kappa shape index (κ3) is 9.01. The number of carbonyl (C=O) groups is 2. The predicted octanol–water partition coefficient (Wildman–Crippen LogP) is 3.48. The number of amides is 2. The van der Waals surface area contributed by atoms with E-state index in [0.717, 1.165) is 24.0 Å². The van der Waals surface area contributed by atoms with Gasteiger partial charge in [0, 0.05) is 13.1 Å². The largest absolute Gasteiger partial charge is 0.348 e. The fraction of sp³-hybridized carbons (Fsp3) is 0.579. The highest BCUT2D eigenvalue weighted by Gasteiger charge is 2.11. The lowest BCUT2D eigenvalue weighted by molar-refractivity contribution is -0.139. The minimum absolute atomic E-state index is 0.380. The lowest BCUT2D eigenvalue weighted by Crippen LogP contribution is -2.39. The Balaban J connectivity index is 2.09. The second kappa shape index (κ2) is 11.7. The number of aryl methyl sites for hydroxylation is 1. The van der Waals surface area contributed by atoms with Crippen molar-refractivity contribution < 1.29 is 9.59 Å². The summed E-state index contributed by atoms with van der Waals surface area (Å²) >= 11 is 0. The molecule has 23 heavy (non-hydrogen) atoms. The lowest BCUT2D eigenvalue weighted by Gasteiger charge is -2.07. The molecular formula is C19H30N2O2. The minimum Gasteiger partial charge on any atom is -0.348 e. The number of unbranched alkanes of at least 4 members (excludes halogenated alkanes) is 6. The summed E-state index contributed by atoms with van der Waals surface area (Å²) in [5, 5.41) is 5.33. The Kier molecular flexibility index (Phi) is 9.76. The highest BCUT2D eigenvalue weighted by Crippen LogP contribution is 2.06. The number of hydrogen-bond donors (Lipinski definition) is 2. The SMILES string of the molecule is CCCCCCCCCNC(=O)C(=O)NCc1cccc(C)c1. The molecule has 0 aliphatic heterocycles. The standard InChI is InChI=1S/C19H30N2O2/c1-3-4-5-6-7-8-9-13-20-18(22)19(23)21-15-17-12-10-11-16(2)14-17/h10-12,14H,3-9,13,15H2,1-2H3,(H,20,22)(H,21,23). The van der Waals surface area contributed by atoms with Gasteiger partial charge in [-0.05, 0) is 18.9 Å². The van der Waals surface area contributed by atoms with E-state index in [1.54, 1.807) is 0 Å². The molecule has 0 heterocycles. The van der Waals surface area contributed by atoms with Crippen molar-refractivity contribution in [2.75, 3.05) is 6.54 Å². The molecule has 4 heteroatoms. The van der Waals surface area contributed by atoms with Crippen LogP contribution in [0.4, 0.5) is 0 Å². The van der Waals surface area contributed by atoms with Crippen molar-refractivity contribution in [3.05, 3.63) is 35.4 Å². The molecule has 128 valence electrons. The molecule has 0 aliphatic rings. The maximum Gasteiger partial charge on any atom is 0.309 e. The molecule has 1 rings (SSSR count). The molecule has 0 aromatic heterocycles. The number of benzene rings is 1. The van der Waals surface area contributed by atoms with Crippen molar-refractivity contribution >= 4 is 11.8 Å². The topological polar surface area (TPSA) is 58.2 Å². The van der Waals surface area contributed by atoms with Crippen LogP contribution in [0.3, 0.4) is 0 Å². The Hall–Kier alpha value is -1.84. The van der Waals surface area contributed by atoms with Crippen LogP contribution in [0.25, 0.3) is 0 Å². The Morgan fingerprint density at radius 3 is 2.26 bits per heavy atom. The zero-order chi connectivity index (χ0) is 16.9. The fourth-order valence-corrected chi connectivity index (χ4v) is 2.45. The molecule has 0 bridgehead atoms. The van der Waals surface area contributed by atoms with E-state index >= 15 is 0 Å². The van der Waals surface area contributed by atoms with Gasteiger partial charge in [0.05, 0.1) is 0 Å². The average Bonchev–Trinajstić information content (AvgIpc) is 2.55. The first-order valence-electron chi connectivity index (χ1n) is 8.75. The Morgan fingerprint density at radius 2 is 1.57 bits per heavy atom. The highest BCUT2D eigenvalue weighted by atomic mass is 16.2. The molecule has 0 atom stereocenters. The van der Waals surface area contributed by atoms with Gasteiger partial charge < -0.3 is 10.6 Å². The van der Waals surface area contributed by atoms with Gasteiger partial charge in [-0.1, -0.05) is 75.3 Å². The van der Waals surface area contributed by atoms with Gasteiger partial charge in [0.15, 0.2) is 0 Å². The highest BCUT2D eigenvalue weighted by molar-refractivity contribution is 6.35. The van der Waals surface area contributed by atoms with Crippen molar-refractivity contribution in [1.29, 1.82) is 0 Å². The van der Waals surface area contributed by atoms with Crippen molar-refractivity contribution in [3.8, 4) is 0 Å². The molecular weight excluding hydrogens is 288 g/mol. The van der Waals surface area contributed by atoms with Gasteiger partial charge in [-0.2, -0.15) is 0 Å². The molecule has 1 aromatic rings. The first-order valence-corrected chi connectivity index (χ1v) is 8.75. The van der Waals surface area contributed by atoms with Gasteiger partial charge in [-0.25, -0.2) is 0 Å². The Morgan fingerprint density at radius 1 is 0.913 bits per heavy atom. The molecule has 0 saturated heterocycles. The first-order chi connectivity index (χ1) is 11.1. The number of nitrogens with one attached hydrogen (secondary N) is 2. The molecule has 0 spiro atoms. The summed E-state index contributed by atoms with van der Waals surface area (Å²) in [6.45, 7) is 5.16.